The third-order valence-corrected chi connectivity index (χ3v) is 8.21. The lowest BCUT2D eigenvalue weighted by molar-refractivity contribution is -0.149. The zero-order valence-electron chi connectivity index (χ0n) is 24.5. The Morgan fingerprint density at radius 1 is 1.07 bits per heavy atom. The summed E-state index contributed by atoms with van der Waals surface area (Å²) in [5.74, 6) is -2.51. The Balaban J connectivity index is 1.53. The maximum atomic E-state index is 14.3. The molecule has 230 valence electrons. The second-order valence-corrected chi connectivity index (χ2v) is 10.5. The van der Waals surface area contributed by atoms with E-state index >= 15 is 0 Å². The fourth-order valence-electron chi connectivity index (χ4n) is 5.95. The van der Waals surface area contributed by atoms with Gasteiger partial charge in [-0.2, -0.15) is 0 Å². The topological polar surface area (TPSA) is 108 Å². The molecule has 4 amide bonds. The van der Waals surface area contributed by atoms with Gasteiger partial charge in [0.2, 0.25) is 6.41 Å². The average molecular weight is 599 g/mol. The van der Waals surface area contributed by atoms with E-state index in [9.17, 15) is 28.0 Å². The number of rotatable bonds is 10. The van der Waals surface area contributed by atoms with Crippen LogP contribution in [-0.2, 0) is 24.5 Å². The highest BCUT2D eigenvalue weighted by Crippen LogP contribution is 2.38. The number of imide groups is 1. The molecular formula is C31H36F2N4O6. The Kier molecular flexibility index (Phi) is 10.1. The number of carbonyl (C=O) groups excluding carboxylic acids is 4. The molecule has 43 heavy (non-hydrogen) atoms. The predicted molar refractivity (Wildman–Crippen MR) is 152 cm³/mol. The lowest BCUT2D eigenvalue weighted by Crippen LogP contribution is -2.53. The lowest BCUT2D eigenvalue weighted by Gasteiger charge is -2.41. The number of urea groups is 1. The fourth-order valence-corrected chi connectivity index (χ4v) is 5.95. The molecule has 0 aliphatic carbocycles. The number of amides is 4. The number of nitrogens with one attached hydrogen (secondary N) is 1. The Labute approximate surface area is 249 Å². The maximum absolute atomic E-state index is 14.3. The lowest BCUT2D eigenvalue weighted by atomic mass is 9.72. The molecule has 1 fully saturated rings. The number of ether oxygens (including phenoxy) is 2. The maximum Gasteiger partial charge on any atom is 0.418 e. The highest BCUT2D eigenvalue weighted by molar-refractivity contribution is 5.94. The standard InChI is InChI=1S/C31H36F2N4O6/c1-4-25-27(26(21-11-12-23(32)24(33)19-21)37(29(40)34-25)30(41)43-3)36(20-38)16-8-15-35-17-13-31(14-18-35,28(39)42-2)22-9-6-5-7-10-22/h5-7,9-12,19-20,26H,4,8,13-18H2,1-3H3,(H,34,40). The van der Waals surface area contributed by atoms with E-state index in [-0.39, 0.29) is 23.8 Å². The molecule has 2 aromatic carbocycles. The Bertz CT molecular complexity index is 1380. The van der Waals surface area contributed by atoms with Gasteiger partial charge >= 0.3 is 18.1 Å². The number of piperidine rings is 1. The molecular weight excluding hydrogens is 562 g/mol. The monoisotopic (exact) mass is 598 g/mol. The van der Waals surface area contributed by atoms with Crippen molar-refractivity contribution < 1.29 is 37.4 Å². The second-order valence-electron chi connectivity index (χ2n) is 10.5. The van der Waals surface area contributed by atoms with Crippen LogP contribution in [0.3, 0.4) is 0 Å². The number of likely N-dealkylation sites (tertiary alicyclic amines) is 1. The van der Waals surface area contributed by atoms with Crippen LogP contribution in [0.2, 0.25) is 0 Å². The molecule has 2 aromatic rings. The zero-order chi connectivity index (χ0) is 31.1. The van der Waals surface area contributed by atoms with E-state index in [1.165, 1.54) is 18.1 Å². The molecule has 2 aliphatic rings. The van der Waals surface area contributed by atoms with E-state index in [0.717, 1.165) is 29.7 Å². The number of carbonyl (C=O) groups is 4. The zero-order valence-corrected chi connectivity index (χ0v) is 24.5. The number of halogens is 2. The van der Waals surface area contributed by atoms with Crippen molar-refractivity contribution in [1.29, 1.82) is 0 Å². The second kappa shape index (κ2) is 13.8. The van der Waals surface area contributed by atoms with Gasteiger partial charge in [-0.25, -0.2) is 23.3 Å². The third kappa shape index (κ3) is 6.38. The SMILES string of the molecule is CCC1=C(N(C=O)CCCN2CCC(C(=O)OC)(c3ccccc3)CC2)C(c2ccc(F)c(F)c2)N(C(=O)OC)C(=O)N1. The fraction of sp³-hybridized carbons (Fsp3) is 0.419. The van der Waals surface area contributed by atoms with Gasteiger partial charge < -0.3 is 24.6 Å². The first-order valence-electron chi connectivity index (χ1n) is 14.1. The van der Waals surface area contributed by atoms with E-state index in [0.29, 0.717) is 57.4 Å². The molecule has 0 saturated carbocycles. The van der Waals surface area contributed by atoms with Gasteiger partial charge in [0, 0.05) is 12.2 Å². The van der Waals surface area contributed by atoms with Gasteiger partial charge in [-0.15, -0.1) is 0 Å². The number of nitrogens with zero attached hydrogens (tertiary/aromatic N) is 3. The van der Waals surface area contributed by atoms with Gasteiger partial charge in [0.05, 0.1) is 25.3 Å². The molecule has 10 nitrogen and oxygen atoms in total. The highest BCUT2D eigenvalue weighted by atomic mass is 19.2. The first-order chi connectivity index (χ1) is 20.7. The summed E-state index contributed by atoms with van der Waals surface area (Å²) in [5, 5.41) is 2.65. The van der Waals surface area contributed by atoms with Crippen LogP contribution in [0.5, 0.6) is 0 Å². The minimum Gasteiger partial charge on any atom is -0.468 e. The van der Waals surface area contributed by atoms with Crippen LogP contribution in [-0.4, -0.2) is 79.6 Å². The van der Waals surface area contributed by atoms with E-state index in [1.807, 2.05) is 30.3 Å². The number of hydrogen-bond donors (Lipinski definition) is 1. The summed E-state index contributed by atoms with van der Waals surface area (Å²) in [6.45, 7) is 3.86. The summed E-state index contributed by atoms with van der Waals surface area (Å²) in [6.07, 6.45) is 1.54. The normalized spacial score (nSPS) is 18.6. The van der Waals surface area contributed by atoms with Crippen molar-refractivity contribution in [3.63, 3.8) is 0 Å². The Morgan fingerprint density at radius 2 is 1.77 bits per heavy atom. The molecule has 0 spiro atoms. The summed E-state index contributed by atoms with van der Waals surface area (Å²) in [7, 11) is 2.49. The van der Waals surface area contributed by atoms with Crippen LogP contribution in [0.4, 0.5) is 18.4 Å². The molecule has 2 heterocycles. The number of hydrogen-bond acceptors (Lipinski definition) is 7. The summed E-state index contributed by atoms with van der Waals surface area (Å²) in [5.41, 5.74) is 0.933. The molecule has 4 rings (SSSR count). The highest BCUT2D eigenvalue weighted by Gasteiger charge is 2.44. The van der Waals surface area contributed by atoms with Crippen molar-refractivity contribution in [2.45, 2.75) is 44.1 Å². The molecule has 0 radical (unpaired) electrons. The number of methoxy groups -OCH3 is 2. The molecule has 1 N–H and O–H groups in total. The summed E-state index contributed by atoms with van der Waals surface area (Å²) >= 11 is 0. The van der Waals surface area contributed by atoms with Crippen LogP contribution in [0.25, 0.3) is 0 Å². The minimum atomic E-state index is -1.24. The predicted octanol–water partition coefficient (Wildman–Crippen LogP) is 4.47. The van der Waals surface area contributed by atoms with Gasteiger partial charge in [0.25, 0.3) is 0 Å². The van der Waals surface area contributed by atoms with Crippen LogP contribution in [0.15, 0.2) is 59.9 Å². The van der Waals surface area contributed by atoms with Crippen molar-refractivity contribution in [2.75, 3.05) is 40.4 Å². The smallest absolute Gasteiger partial charge is 0.418 e. The molecule has 1 atom stereocenters. The van der Waals surface area contributed by atoms with Crippen molar-refractivity contribution in [3.8, 4) is 0 Å². The van der Waals surface area contributed by atoms with Gasteiger partial charge in [-0.1, -0.05) is 43.3 Å². The molecule has 2 aliphatic heterocycles. The molecule has 1 unspecified atom stereocenters. The van der Waals surface area contributed by atoms with Crippen molar-refractivity contribution in [1.82, 2.24) is 20.0 Å². The first kappa shape index (κ1) is 31.6. The number of allylic oxidation sites excluding steroid dienone is 1. The quantitative estimate of drug-likeness (QED) is 0.318. The number of esters is 1. The summed E-state index contributed by atoms with van der Waals surface area (Å²) in [6, 6.07) is 10.6. The van der Waals surface area contributed by atoms with E-state index in [2.05, 4.69) is 10.2 Å². The van der Waals surface area contributed by atoms with Crippen LogP contribution >= 0.6 is 0 Å². The Hall–Kier alpha value is -4.32. The third-order valence-electron chi connectivity index (χ3n) is 8.21. The molecule has 0 aromatic heterocycles. The van der Waals surface area contributed by atoms with Crippen molar-refractivity contribution in [3.05, 3.63) is 82.7 Å². The van der Waals surface area contributed by atoms with Gasteiger partial charge in [0.1, 0.15) is 6.04 Å². The molecule has 12 heteroatoms. The van der Waals surface area contributed by atoms with Crippen molar-refractivity contribution >= 4 is 24.5 Å². The molecule has 1 saturated heterocycles. The largest absolute Gasteiger partial charge is 0.468 e. The van der Waals surface area contributed by atoms with E-state index in [1.54, 1.807) is 6.92 Å². The van der Waals surface area contributed by atoms with E-state index < -0.39 is 35.2 Å². The van der Waals surface area contributed by atoms with Crippen LogP contribution in [0.1, 0.15) is 49.8 Å². The first-order valence-corrected chi connectivity index (χ1v) is 14.1. The Morgan fingerprint density at radius 3 is 2.35 bits per heavy atom. The molecule has 0 bridgehead atoms. The minimum absolute atomic E-state index is 0.100. The van der Waals surface area contributed by atoms with E-state index in [4.69, 9.17) is 9.47 Å². The van der Waals surface area contributed by atoms with Gasteiger partial charge in [-0.3, -0.25) is 9.59 Å². The van der Waals surface area contributed by atoms with Gasteiger partial charge in [0.15, 0.2) is 11.6 Å². The summed E-state index contributed by atoms with van der Waals surface area (Å²) in [4.78, 5) is 55.4. The van der Waals surface area contributed by atoms with Crippen molar-refractivity contribution in [2.24, 2.45) is 0 Å². The number of benzene rings is 2. The summed E-state index contributed by atoms with van der Waals surface area (Å²) < 4.78 is 38.1. The van der Waals surface area contributed by atoms with Crippen LogP contribution in [0, 0.1) is 11.6 Å². The average Bonchev–Trinajstić information content (AvgIpc) is 3.04. The van der Waals surface area contributed by atoms with Gasteiger partial charge in [-0.05, 0) is 68.6 Å². The van der Waals surface area contributed by atoms with Crippen LogP contribution < -0.4 is 5.32 Å².